The first-order valence-corrected chi connectivity index (χ1v) is 8.05. The van der Waals surface area contributed by atoms with Crippen molar-refractivity contribution in [2.75, 3.05) is 13.0 Å². The Kier molecular flexibility index (Phi) is 6.22. The number of para-hydroxylation sites is 1. The molecule has 1 atom stereocenters. The van der Waals surface area contributed by atoms with E-state index in [0.717, 1.165) is 29.7 Å². The van der Waals surface area contributed by atoms with Crippen LogP contribution in [0.1, 0.15) is 11.1 Å². The summed E-state index contributed by atoms with van der Waals surface area (Å²) in [5, 5.41) is 1.20. The number of halogens is 3. The minimum Gasteiger partial charge on any atom is -0.496 e. The fourth-order valence-corrected chi connectivity index (χ4v) is 3.00. The number of methoxy groups -OCH3 is 1. The van der Waals surface area contributed by atoms with Crippen molar-refractivity contribution in [2.45, 2.75) is 12.8 Å². The molecule has 0 saturated heterocycles. The lowest BCUT2D eigenvalue weighted by molar-refractivity contribution is 0.405. The molecule has 4 heteroatoms. The molecular weight excluding hydrogens is 327 g/mol. The van der Waals surface area contributed by atoms with Gasteiger partial charge in [0.05, 0.1) is 17.2 Å². The highest BCUT2D eigenvalue weighted by atomic mass is 35.5. The van der Waals surface area contributed by atoms with Gasteiger partial charge < -0.3 is 4.74 Å². The summed E-state index contributed by atoms with van der Waals surface area (Å²) in [4.78, 5) is 0. The smallest absolute Gasteiger partial charge is 0.122 e. The average Bonchev–Trinajstić information content (AvgIpc) is 2.51. The molecule has 0 aliphatic rings. The summed E-state index contributed by atoms with van der Waals surface area (Å²) in [5.74, 6) is 1.73. The molecule has 112 valence electrons. The Bertz CT molecular complexity index is 598. The quantitative estimate of drug-likeness (QED) is 0.616. The topological polar surface area (TPSA) is 9.23 Å². The van der Waals surface area contributed by atoms with Crippen molar-refractivity contribution in [3.8, 4) is 5.75 Å². The van der Waals surface area contributed by atoms with Crippen LogP contribution in [0.5, 0.6) is 5.75 Å². The summed E-state index contributed by atoms with van der Waals surface area (Å²) >= 11 is 18.5. The zero-order chi connectivity index (χ0) is 15.2. The molecule has 1 unspecified atom stereocenters. The molecule has 0 bridgehead atoms. The second-order valence-corrected chi connectivity index (χ2v) is 6.05. The summed E-state index contributed by atoms with van der Waals surface area (Å²) in [6.45, 7) is 0. The molecule has 2 rings (SSSR count). The fraction of sp³-hybridized carbons (Fsp3) is 0.294. The molecule has 0 fully saturated rings. The van der Waals surface area contributed by atoms with Crippen LogP contribution in [-0.2, 0) is 12.8 Å². The first kappa shape index (κ1) is 16.5. The van der Waals surface area contributed by atoms with E-state index in [2.05, 4.69) is 6.07 Å². The van der Waals surface area contributed by atoms with E-state index < -0.39 is 0 Å². The van der Waals surface area contributed by atoms with Gasteiger partial charge in [0.1, 0.15) is 5.75 Å². The van der Waals surface area contributed by atoms with Crippen molar-refractivity contribution in [3.63, 3.8) is 0 Å². The van der Waals surface area contributed by atoms with Crippen molar-refractivity contribution in [1.29, 1.82) is 0 Å². The second kappa shape index (κ2) is 7.93. The molecule has 0 aliphatic heterocycles. The maximum atomic E-state index is 6.26. The molecule has 0 N–H and O–H groups in total. The maximum absolute atomic E-state index is 6.26. The predicted octanol–water partition coefficient (Wildman–Crippen LogP) is 5.64. The number of alkyl halides is 1. The van der Waals surface area contributed by atoms with Gasteiger partial charge in [0.2, 0.25) is 0 Å². The van der Waals surface area contributed by atoms with Gasteiger partial charge in [0.25, 0.3) is 0 Å². The van der Waals surface area contributed by atoms with E-state index in [0.29, 0.717) is 15.9 Å². The first-order valence-electron chi connectivity index (χ1n) is 6.76. The molecule has 2 aromatic carbocycles. The Balaban J connectivity index is 2.15. The lowest BCUT2D eigenvalue weighted by Crippen LogP contribution is -2.11. The van der Waals surface area contributed by atoms with Crippen molar-refractivity contribution in [1.82, 2.24) is 0 Å². The Labute approximate surface area is 140 Å². The molecule has 1 nitrogen and oxygen atoms in total. The Hall–Kier alpha value is -0.890. The molecule has 0 aliphatic carbocycles. The third-order valence-electron chi connectivity index (χ3n) is 3.46. The van der Waals surface area contributed by atoms with E-state index in [4.69, 9.17) is 39.5 Å². The molecule has 0 radical (unpaired) electrons. The molecule has 0 aromatic heterocycles. The van der Waals surface area contributed by atoms with Crippen LogP contribution in [0, 0.1) is 5.92 Å². The third kappa shape index (κ3) is 4.29. The molecule has 0 heterocycles. The van der Waals surface area contributed by atoms with Gasteiger partial charge in [-0.15, -0.1) is 11.6 Å². The first-order chi connectivity index (χ1) is 10.2. The van der Waals surface area contributed by atoms with Crippen molar-refractivity contribution >= 4 is 34.8 Å². The van der Waals surface area contributed by atoms with Crippen molar-refractivity contribution < 1.29 is 4.74 Å². The van der Waals surface area contributed by atoms with Gasteiger partial charge in [-0.1, -0.05) is 53.5 Å². The van der Waals surface area contributed by atoms with Crippen LogP contribution in [0.15, 0.2) is 42.5 Å². The van der Waals surface area contributed by atoms with Crippen LogP contribution >= 0.6 is 34.8 Å². The van der Waals surface area contributed by atoms with E-state index in [1.807, 2.05) is 30.3 Å². The SMILES string of the molecule is COc1ccccc1CC(CCl)Cc1cccc(Cl)c1Cl. The van der Waals surface area contributed by atoms with Crippen LogP contribution in [0.3, 0.4) is 0 Å². The number of hydrogen-bond acceptors (Lipinski definition) is 1. The predicted molar refractivity (Wildman–Crippen MR) is 91.1 cm³/mol. The van der Waals surface area contributed by atoms with Crippen molar-refractivity contribution in [2.24, 2.45) is 5.92 Å². The minimum atomic E-state index is 0.277. The van der Waals surface area contributed by atoms with E-state index in [-0.39, 0.29) is 5.92 Å². The molecule has 0 saturated carbocycles. The standard InChI is InChI=1S/C17H17Cl3O/c1-21-16-8-3-2-5-13(16)9-12(11-18)10-14-6-4-7-15(19)17(14)20/h2-8,12H,9-11H2,1H3. The summed E-state index contributed by atoms with van der Waals surface area (Å²) < 4.78 is 5.39. The van der Waals surface area contributed by atoms with Gasteiger partial charge in [0, 0.05) is 5.88 Å². The average molecular weight is 344 g/mol. The zero-order valence-electron chi connectivity index (χ0n) is 11.8. The summed E-state index contributed by atoms with van der Waals surface area (Å²) in [6.07, 6.45) is 1.64. The van der Waals surface area contributed by atoms with Crippen LogP contribution in [0.2, 0.25) is 10.0 Å². The highest BCUT2D eigenvalue weighted by Crippen LogP contribution is 2.29. The van der Waals surface area contributed by atoms with Crippen LogP contribution in [0.4, 0.5) is 0 Å². The minimum absolute atomic E-state index is 0.277. The van der Waals surface area contributed by atoms with Gasteiger partial charge >= 0.3 is 0 Å². The number of benzene rings is 2. The van der Waals surface area contributed by atoms with E-state index >= 15 is 0 Å². The van der Waals surface area contributed by atoms with E-state index in [1.165, 1.54) is 0 Å². The molecule has 21 heavy (non-hydrogen) atoms. The maximum Gasteiger partial charge on any atom is 0.122 e. The Morgan fingerprint density at radius 2 is 1.62 bits per heavy atom. The normalized spacial score (nSPS) is 12.2. The third-order valence-corrected chi connectivity index (χ3v) is 4.75. The van der Waals surface area contributed by atoms with Crippen LogP contribution < -0.4 is 4.74 Å². The van der Waals surface area contributed by atoms with E-state index in [1.54, 1.807) is 13.2 Å². The zero-order valence-corrected chi connectivity index (χ0v) is 14.1. The Morgan fingerprint density at radius 1 is 0.952 bits per heavy atom. The van der Waals surface area contributed by atoms with Gasteiger partial charge in [-0.3, -0.25) is 0 Å². The van der Waals surface area contributed by atoms with Crippen molar-refractivity contribution in [3.05, 3.63) is 63.6 Å². The van der Waals surface area contributed by atoms with E-state index in [9.17, 15) is 0 Å². The summed E-state index contributed by atoms with van der Waals surface area (Å²) in [6, 6.07) is 13.7. The highest BCUT2D eigenvalue weighted by molar-refractivity contribution is 6.42. The molecule has 0 spiro atoms. The summed E-state index contributed by atoms with van der Waals surface area (Å²) in [7, 11) is 1.68. The molecule has 2 aromatic rings. The molecule has 0 amide bonds. The number of hydrogen-bond donors (Lipinski definition) is 0. The lowest BCUT2D eigenvalue weighted by Gasteiger charge is -2.17. The van der Waals surface area contributed by atoms with Gasteiger partial charge in [-0.25, -0.2) is 0 Å². The fourth-order valence-electron chi connectivity index (χ4n) is 2.38. The largest absolute Gasteiger partial charge is 0.496 e. The number of rotatable bonds is 6. The van der Waals surface area contributed by atoms with Gasteiger partial charge in [-0.2, -0.15) is 0 Å². The van der Waals surface area contributed by atoms with Gasteiger partial charge in [-0.05, 0) is 42.0 Å². The molecular formula is C17H17Cl3O. The monoisotopic (exact) mass is 342 g/mol. The summed E-state index contributed by atoms with van der Waals surface area (Å²) in [5.41, 5.74) is 2.19. The van der Waals surface area contributed by atoms with Gasteiger partial charge in [0.15, 0.2) is 0 Å². The lowest BCUT2D eigenvalue weighted by atomic mass is 9.93. The van der Waals surface area contributed by atoms with Crippen LogP contribution in [0.25, 0.3) is 0 Å². The highest BCUT2D eigenvalue weighted by Gasteiger charge is 2.15. The Morgan fingerprint density at radius 3 is 2.33 bits per heavy atom. The second-order valence-electron chi connectivity index (χ2n) is 4.95. The number of ether oxygens (including phenoxy) is 1. The van der Waals surface area contributed by atoms with Crippen LogP contribution in [-0.4, -0.2) is 13.0 Å².